The molecule has 176 valence electrons. The summed E-state index contributed by atoms with van der Waals surface area (Å²) in [5, 5.41) is 0. The van der Waals surface area contributed by atoms with Gasteiger partial charge in [0.1, 0.15) is 0 Å². The van der Waals surface area contributed by atoms with Gasteiger partial charge in [0.15, 0.2) is 0 Å². The van der Waals surface area contributed by atoms with Crippen molar-refractivity contribution in [1.82, 2.24) is 10.9 Å². The number of aryl methyl sites for hydroxylation is 1. The van der Waals surface area contributed by atoms with E-state index in [2.05, 4.69) is 10.9 Å². The predicted octanol–water partition coefficient (Wildman–Crippen LogP) is 4.31. The van der Waals surface area contributed by atoms with Gasteiger partial charge in [-0.1, -0.05) is 91.0 Å². The first kappa shape index (κ1) is 24.7. The Kier molecular flexibility index (Phi) is 9.87. The van der Waals surface area contributed by atoms with Crippen LogP contribution in [0.2, 0.25) is 0 Å². The summed E-state index contributed by atoms with van der Waals surface area (Å²) in [5.41, 5.74) is 7.84. The Balaban J connectivity index is 1.36. The molecule has 0 aliphatic carbocycles. The van der Waals surface area contributed by atoms with E-state index in [9.17, 15) is 14.4 Å². The number of hydrogen-bond acceptors (Lipinski definition) is 4. The van der Waals surface area contributed by atoms with Crippen LogP contribution in [-0.4, -0.2) is 24.4 Å². The van der Waals surface area contributed by atoms with E-state index in [0.717, 1.165) is 24.0 Å². The zero-order chi connectivity index (χ0) is 24.0. The lowest BCUT2D eigenvalue weighted by molar-refractivity contribution is -0.144. The van der Waals surface area contributed by atoms with E-state index in [1.54, 1.807) is 0 Å². The molecule has 2 N–H and O–H groups in total. The third-order valence-corrected chi connectivity index (χ3v) is 5.35. The Hall–Kier alpha value is -3.93. The second-order valence-electron chi connectivity index (χ2n) is 7.95. The molecule has 0 bridgehead atoms. The summed E-state index contributed by atoms with van der Waals surface area (Å²) in [7, 11) is 0. The molecule has 6 heteroatoms. The largest absolute Gasteiger partial charge is 0.466 e. The van der Waals surface area contributed by atoms with Gasteiger partial charge in [-0.05, 0) is 36.0 Å². The molecule has 3 rings (SSSR count). The van der Waals surface area contributed by atoms with Crippen LogP contribution in [0.5, 0.6) is 0 Å². The van der Waals surface area contributed by atoms with E-state index < -0.39 is 5.92 Å². The molecular formula is C28H30N2O4. The predicted molar refractivity (Wildman–Crippen MR) is 131 cm³/mol. The number of ether oxygens (including phenoxy) is 1. The molecule has 34 heavy (non-hydrogen) atoms. The van der Waals surface area contributed by atoms with Gasteiger partial charge in [0.2, 0.25) is 11.8 Å². The van der Waals surface area contributed by atoms with Gasteiger partial charge in [0.05, 0.1) is 12.5 Å². The summed E-state index contributed by atoms with van der Waals surface area (Å²) >= 11 is 0. The minimum Gasteiger partial charge on any atom is -0.466 e. The van der Waals surface area contributed by atoms with Gasteiger partial charge in [-0.25, -0.2) is 0 Å². The number of amides is 2. The van der Waals surface area contributed by atoms with Crippen molar-refractivity contribution in [1.29, 1.82) is 0 Å². The minimum absolute atomic E-state index is 0.112. The summed E-state index contributed by atoms with van der Waals surface area (Å²) in [6, 6.07) is 28.8. The fourth-order valence-electron chi connectivity index (χ4n) is 3.62. The summed E-state index contributed by atoms with van der Waals surface area (Å²) in [6.07, 6.45) is 2.22. The highest BCUT2D eigenvalue weighted by molar-refractivity contribution is 5.89. The molecule has 0 radical (unpaired) electrons. The van der Waals surface area contributed by atoms with E-state index in [4.69, 9.17) is 4.74 Å². The summed E-state index contributed by atoms with van der Waals surface area (Å²) in [6.45, 7) is 0.357. The molecular weight excluding hydrogens is 428 g/mol. The summed E-state index contributed by atoms with van der Waals surface area (Å²) < 4.78 is 5.23. The van der Waals surface area contributed by atoms with Crippen LogP contribution in [0.3, 0.4) is 0 Å². The molecule has 3 aromatic carbocycles. The van der Waals surface area contributed by atoms with Crippen molar-refractivity contribution in [3.05, 3.63) is 108 Å². The van der Waals surface area contributed by atoms with Crippen molar-refractivity contribution in [2.75, 3.05) is 6.61 Å². The first-order chi connectivity index (χ1) is 16.6. The highest BCUT2D eigenvalue weighted by Gasteiger charge is 2.22. The third-order valence-electron chi connectivity index (χ3n) is 5.35. The summed E-state index contributed by atoms with van der Waals surface area (Å²) in [4.78, 5) is 36.9. The average molecular weight is 459 g/mol. The maximum absolute atomic E-state index is 12.9. The van der Waals surface area contributed by atoms with Crippen LogP contribution in [0, 0.1) is 0 Å². The van der Waals surface area contributed by atoms with Crippen molar-refractivity contribution >= 4 is 17.8 Å². The van der Waals surface area contributed by atoms with Gasteiger partial charge >= 0.3 is 5.97 Å². The molecule has 6 nitrogen and oxygen atoms in total. The molecule has 0 aliphatic heterocycles. The van der Waals surface area contributed by atoms with Crippen LogP contribution in [-0.2, 0) is 25.5 Å². The van der Waals surface area contributed by atoms with Gasteiger partial charge in [-0.15, -0.1) is 0 Å². The molecule has 0 aliphatic rings. The standard InChI is InChI=1S/C28H30N2O4/c31-25(19-10-20-26(32)34-21-11-14-22-12-4-1-5-13-22)29-30-28(33)27(23-15-6-2-7-16-23)24-17-8-3-9-18-24/h1-9,12-13,15-18,27H,10-11,14,19-21H2,(H,29,31)(H,30,33). The molecule has 0 saturated carbocycles. The zero-order valence-electron chi connectivity index (χ0n) is 19.1. The number of rotatable bonds is 11. The third kappa shape index (κ3) is 8.20. The maximum Gasteiger partial charge on any atom is 0.305 e. The normalized spacial score (nSPS) is 10.5. The molecule has 0 atom stereocenters. The Bertz CT molecular complexity index is 1000. The lowest BCUT2D eigenvalue weighted by atomic mass is 9.91. The zero-order valence-corrected chi connectivity index (χ0v) is 19.1. The van der Waals surface area contributed by atoms with E-state index in [1.165, 1.54) is 5.56 Å². The van der Waals surface area contributed by atoms with Crippen LogP contribution >= 0.6 is 0 Å². The maximum atomic E-state index is 12.9. The van der Waals surface area contributed by atoms with E-state index in [1.807, 2.05) is 91.0 Å². The number of carbonyl (C=O) groups excluding carboxylic acids is 3. The Morgan fingerprint density at radius 2 is 1.24 bits per heavy atom. The molecule has 0 aromatic heterocycles. The molecule has 0 heterocycles. The Morgan fingerprint density at radius 3 is 1.82 bits per heavy atom. The van der Waals surface area contributed by atoms with Crippen molar-refractivity contribution in [3.8, 4) is 0 Å². The van der Waals surface area contributed by atoms with Crippen molar-refractivity contribution in [2.45, 2.75) is 38.0 Å². The molecule has 3 aromatic rings. The molecule has 2 amide bonds. The number of hydrogen-bond donors (Lipinski definition) is 2. The lowest BCUT2D eigenvalue weighted by Gasteiger charge is -2.18. The van der Waals surface area contributed by atoms with Gasteiger partial charge in [-0.2, -0.15) is 0 Å². The Labute approximate surface area is 200 Å². The fourth-order valence-corrected chi connectivity index (χ4v) is 3.62. The minimum atomic E-state index is -0.548. The number of hydrazine groups is 1. The number of nitrogens with one attached hydrogen (secondary N) is 2. The van der Waals surface area contributed by atoms with Gasteiger partial charge in [0, 0.05) is 12.8 Å². The lowest BCUT2D eigenvalue weighted by Crippen LogP contribution is -2.44. The highest BCUT2D eigenvalue weighted by atomic mass is 16.5. The first-order valence-corrected chi connectivity index (χ1v) is 11.5. The van der Waals surface area contributed by atoms with Crippen molar-refractivity contribution < 1.29 is 19.1 Å². The molecule has 0 saturated heterocycles. The Morgan fingerprint density at radius 1 is 0.676 bits per heavy atom. The summed E-state index contributed by atoms with van der Waals surface area (Å²) in [5.74, 6) is -1.56. The van der Waals surface area contributed by atoms with Crippen LogP contribution in [0.4, 0.5) is 0 Å². The van der Waals surface area contributed by atoms with Crippen LogP contribution in [0.15, 0.2) is 91.0 Å². The van der Waals surface area contributed by atoms with Gasteiger partial charge in [0.25, 0.3) is 0 Å². The SMILES string of the molecule is O=C(CCCC(=O)OCCCc1ccccc1)NNC(=O)C(c1ccccc1)c1ccccc1. The fraction of sp³-hybridized carbons (Fsp3) is 0.250. The van der Waals surface area contributed by atoms with Crippen molar-refractivity contribution in [3.63, 3.8) is 0 Å². The second-order valence-corrected chi connectivity index (χ2v) is 7.95. The monoisotopic (exact) mass is 458 g/mol. The molecule has 0 spiro atoms. The topological polar surface area (TPSA) is 84.5 Å². The highest BCUT2D eigenvalue weighted by Crippen LogP contribution is 2.24. The van der Waals surface area contributed by atoms with Crippen LogP contribution in [0.25, 0.3) is 0 Å². The van der Waals surface area contributed by atoms with Crippen LogP contribution < -0.4 is 10.9 Å². The average Bonchev–Trinajstić information content (AvgIpc) is 2.87. The number of benzene rings is 3. The second kappa shape index (κ2) is 13.6. The van der Waals surface area contributed by atoms with E-state index in [0.29, 0.717) is 13.0 Å². The number of carbonyl (C=O) groups is 3. The number of esters is 1. The van der Waals surface area contributed by atoms with Crippen LogP contribution in [0.1, 0.15) is 48.3 Å². The first-order valence-electron chi connectivity index (χ1n) is 11.5. The van der Waals surface area contributed by atoms with E-state index in [-0.39, 0.29) is 30.6 Å². The van der Waals surface area contributed by atoms with Gasteiger partial charge in [-0.3, -0.25) is 25.2 Å². The molecule has 0 unspecified atom stereocenters. The van der Waals surface area contributed by atoms with Crippen molar-refractivity contribution in [2.24, 2.45) is 0 Å². The quantitative estimate of drug-likeness (QED) is 0.255. The van der Waals surface area contributed by atoms with Gasteiger partial charge < -0.3 is 4.74 Å². The smallest absolute Gasteiger partial charge is 0.305 e. The molecule has 0 fully saturated rings. The van der Waals surface area contributed by atoms with E-state index >= 15 is 0 Å².